The van der Waals surface area contributed by atoms with E-state index in [9.17, 15) is 4.79 Å². The minimum absolute atomic E-state index is 0.0832. The van der Waals surface area contributed by atoms with Crippen molar-refractivity contribution in [2.75, 3.05) is 13.2 Å². The summed E-state index contributed by atoms with van der Waals surface area (Å²) in [5, 5.41) is 4.33. The number of likely N-dealkylation sites (tertiary alicyclic amines) is 1. The molecule has 1 unspecified atom stereocenters. The second-order valence-corrected chi connectivity index (χ2v) is 4.78. The smallest absolute Gasteiger partial charge is 0.323 e. The minimum atomic E-state index is -0.0890. The van der Waals surface area contributed by atoms with E-state index in [2.05, 4.69) is 16.1 Å². The summed E-state index contributed by atoms with van der Waals surface area (Å²) < 4.78 is 7.01. The van der Waals surface area contributed by atoms with Crippen LogP contribution in [0.15, 0.2) is 6.07 Å². The van der Waals surface area contributed by atoms with Crippen molar-refractivity contribution in [1.29, 1.82) is 0 Å². The largest absolute Gasteiger partial charge is 0.465 e. The van der Waals surface area contributed by atoms with Gasteiger partial charge in [-0.05, 0) is 39.3 Å². The Morgan fingerprint density at radius 2 is 2.39 bits per heavy atom. The average molecular weight is 251 g/mol. The standard InChI is InChI=1S/C13H21N3O2/c1-4-18-13(17)12-6-5-7-16(12)9-11-8-10(2)14-15(11)3/h8,12H,4-7,9H2,1-3H3. The minimum Gasteiger partial charge on any atom is -0.465 e. The maximum Gasteiger partial charge on any atom is 0.323 e. The highest BCUT2D eigenvalue weighted by Gasteiger charge is 2.32. The van der Waals surface area contributed by atoms with E-state index in [0.29, 0.717) is 6.61 Å². The average Bonchev–Trinajstić information content (AvgIpc) is 2.87. The van der Waals surface area contributed by atoms with Crippen LogP contribution in [0, 0.1) is 6.92 Å². The number of hydrogen-bond acceptors (Lipinski definition) is 4. The van der Waals surface area contributed by atoms with Crippen molar-refractivity contribution < 1.29 is 9.53 Å². The molecule has 1 aliphatic heterocycles. The van der Waals surface area contributed by atoms with Crippen molar-refractivity contribution >= 4 is 5.97 Å². The van der Waals surface area contributed by atoms with Crippen LogP contribution in [0.4, 0.5) is 0 Å². The fourth-order valence-corrected chi connectivity index (χ4v) is 2.54. The molecule has 0 amide bonds. The number of nitrogens with zero attached hydrogens (tertiary/aromatic N) is 3. The van der Waals surface area contributed by atoms with Crippen molar-refractivity contribution in [2.45, 2.75) is 39.3 Å². The molecule has 0 spiro atoms. The zero-order valence-corrected chi connectivity index (χ0v) is 11.3. The Morgan fingerprint density at radius 3 is 3.00 bits per heavy atom. The molecule has 5 heteroatoms. The van der Waals surface area contributed by atoms with Crippen LogP contribution < -0.4 is 0 Å². The molecule has 1 aromatic rings. The van der Waals surface area contributed by atoms with E-state index in [1.54, 1.807) is 0 Å². The third-order valence-corrected chi connectivity index (χ3v) is 3.39. The van der Waals surface area contributed by atoms with Gasteiger partial charge in [-0.2, -0.15) is 5.10 Å². The van der Waals surface area contributed by atoms with E-state index in [1.165, 1.54) is 0 Å². The van der Waals surface area contributed by atoms with E-state index in [1.807, 2.05) is 25.6 Å². The van der Waals surface area contributed by atoms with E-state index in [0.717, 1.165) is 37.3 Å². The van der Waals surface area contributed by atoms with Gasteiger partial charge in [-0.1, -0.05) is 0 Å². The van der Waals surface area contributed by atoms with Crippen LogP contribution >= 0.6 is 0 Å². The molecule has 1 aromatic heterocycles. The molecular formula is C13H21N3O2. The van der Waals surface area contributed by atoms with Gasteiger partial charge in [0.2, 0.25) is 0 Å². The number of ether oxygens (including phenoxy) is 1. The highest BCUT2D eigenvalue weighted by Crippen LogP contribution is 2.21. The number of carbonyl (C=O) groups excluding carboxylic acids is 1. The Bertz CT molecular complexity index is 428. The Morgan fingerprint density at radius 1 is 1.61 bits per heavy atom. The van der Waals surface area contributed by atoms with Crippen LogP contribution in [-0.2, 0) is 23.1 Å². The van der Waals surface area contributed by atoms with Crippen LogP contribution in [0.5, 0.6) is 0 Å². The molecule has 1 aliphatic rings. The number of aromatic nitrogens is 2. The lowest BCUT2D eigenvalue weighted by atomic mass is 10.2. The molecule has 0 aliphatic carbocycles. The second kappa shape index (κ2) is 5.52. The van der Waals surface area contributed by atoms with Crippen molar-refractivity contribution in [1.82, 2.24) is 14.7 Å². The number of esters is 1. The molecule has 0 N–H and O–H groups in total. The monoisotopic (exact) mass is 251 g/mol. The number of aryl methyl sites for hydroxylation is 2. The van der Waals surface area contributed by atoms with Gasteiger partial charge in [0.25, 0.3) is 0 Å². The summed E-state index contributed by atoms with van der Waals surface area (Å²) in [4.78, 5) is 14.0. The summed E-state index contributed by atoms with van der Waals surface area (Å²) in [6, 6.07) is 1.99. The van der Waals surface area contributed by atoms with Crippen molar-refractivity contribution in [3.63, 3.8) is 0 Å². The molecule has 0 radical (unpaired) electrons. The molecular weight excluding hydrogens is 230 g/mol. The molecule has 1 saturated heterocycles. The Kier molecular flexibility index (Phi) is 4.01. The first-order chi connectivity index (χ1) is 8.61. The third kappa shape index (κ3) is 2.72. The molecule has 0 bridgehead atoms. The SMILES string of the molecule is CCOC(=O)C1CCCN1Cc1cc(C)nn1C. The van der Waals surface area contributed by atoms with Gasteiger partial charge in [0.05, 0.1) is 18.0 Å². The van der Waals surface area contributed by atoms with Crippen molar-refractivity contribution in [3.8, 4) is 0 Å². The maximum atomic E-state index is 11.8. The van der Waals surface area contributed by atoms with Gasteiger partial charge in [-0.25, -0.2) is 0 Å². The van der Waals surface area contributed by atoms with Gasteiger partial charge in [-0.3, -0.25) is 14.4 Å². The summed E-state index contributed by atoms with van der Waals surface area (Å²) in [5.41, 5.74) is 2.16. The van der Waals surface area contributed by atoms with Gasteiger partial charge in [0.1, 0.15) is 6.04 Å². The summed E-state index contributed by atoms with van der Waals surface area (Å²) in [6.07, 6.45) is 1.95. The fourth-order valence-electron chi connectivity index (χ4n) is 2.54. The van der Waals surface area contributed by atoms with Gasteiger partial charge >= 0.3 is 5.97 Å². The van der Waals surface area contributed by atoms with Crippen molar-refractivity contribution in [2.24, 2.45) is 7.05 Å². The lowest BCUT2D eigenvalue weighted by molar-refractivity contribution is -0.148. The fraction of sp³-hybridized carbons (Fsp3) is 0.692. The number of rotatable bonds is 4. The predicted octanol–water partition coefficient (Wildman–Crippen LogP) is 1.26. The van der Waals surface area contributed by atoms with E-state index >= 15 is 0 Å². The first kappa shape index (κ1) is 13.1. The molecule has 1 atom stereocenters. The van der Waals surface area contributed by atoms with Crippen molar-refractivity contribution in [3.05, 3.63) is 17.5 Å². The van der Waals surface area contributed by atoms with Crippen LogP contribution in [0.3, 0.4) is 0 Å². The van der Waals surface area contributed by atoms with E-state index in [4.69, 9.17) is 4.74 Å². The lowest BCUT2D eigenvalue weighted by Gasteiger charge is -2.22. The summed E-state index contributed by atoms with van der Waals surface area (Å²) in [7, 11) is 1.94. The summed E-state index contributed by atoms with van der Waals surface area (Å²) >= 11 is 0. The Balaban J connectivity index is 2.04. The van der Waals surface area contributed by atoms with E-state index in [-0.39, 0.29) is 12.0 Å². The normalized spacial score (nSPS) is 20.3. The van der Waals surface area contributed by atoms with Gasteiger partial charge in [0, 0.05) is 13.6 Å². The van der Waals surface area contributed by atoms with Crippen LogP contribution in [0.2, 0.25) is 0 Å². The van der Waals surface area contributed by atoms with Crippen LogP contribution in [-0.4, -0.2) is 39.8 Å². The molecule has 18 heavy (non-hydrogen) atoms. The summed E-state index contributed by atoms with van der Waals surface area (Å²) in [6.45, 7) is 6.00. The van der Waals surface area contributed by atoms with Gasteiger partial charge in [-0.15, -0.1) is 0 Å². The molecule has 0 saturated carbocycles. The maximum absolute atomic E-state index is 11.8. The zero-order chi connectivity index (χ0) is 13.1. The van der Waals surface area contributed by atoms with Gasteiger partial charge in [0.15, 0.2) is 0 Å². The van der Waals surface area contributed by atoms with Gasteiger partial charge < -0.3 is 4.74 Å². The molecule has 100 valence electrons. The molecule has 0 aromatic carbocycles. The zero-order valence-electron chi connectivity index (χ0n) is 11.3. The van der Waals surface area contributed by atoms with E-state index < -0.39 is 0 Å². The molecule has 2 heterocycles. The predicted molar refractivity (Wildman–Crippen MR) is 68.0 cm³/mol. The van der Waals surface area contributed by atoms with Crippen LogP contribution in [0.1, 0.15) is 31.2 Å². The molecule has 1 fully saturated rings. The topological polar surface area (TPSA) is 47.4 Å². The highest BCUT2D eigenvalue weighted by molar-refractivity contribution is 5.76. The second-order valence-electron chi connectivity index (χ2n) is 4.78. The Labute approximate surface area is 108 Å². The first-order valence-electron chi connectivity index (χ1n) is 6.52. The molecule has 2 rings (SSSR count). The quantitative estimate of drug-likeness (QED) is 0.756. The van der Waals surface area contributed by atoms with Crippen LogP contribution in [0.25, 0.3) is 0 Å². The number of hydrogen-bond donors (Lipinski definition) is 0. The third-order valence-electron chi connectivity index (χ3n) is 3.39. The first-order valence-corrected chi connectivity index (χ1v) is 6.52. The Hall–Kier alpha value is -1.36. The molecule has 5 nitrogen and oxygen atoms in total. The summed E-state index contributed by atoms with van der Waals surface area (Å²) in [5.74, 6) is -0.0890. The number of carbonyl (C=O) groups is 1. The lowest BCUT2D eigenvalue weighted by Crippen LogP contribution is -2.37. The highest BCUT2D eigenvalue weighted by atomic mass is 16.5.